The smallest absolute Gasteiger partial charge is 0.193 e. The molecule has 31 heavy (non-hydrogen) atoms. The summed E-state index contributed by atoms with van der Waals surface area (Å²) in [6.45, 7) is 5.17. The molecule has 0 saturated carbocycles. The Hall–Kier alpha value is -1.68. The van der Waals surface area contributed by atoms with E-state index < -0.39 is 0 Å². The van der Waals surface area contributed by atoms with E-state index in [1.807, 2.05) is 25.2 Å². The number of halogens is 1. The summed E-state index contributed by atoms with van der Waals surface area (Å²) in [5.41, 5.74) is 2.51. The molecule has 2 aromatic carbocycles. The Labute approximate surface area is 202 Å². The molecule has 0 aliphatic carbocycles. The first-order valence-electron chi connectivity index (χ1n) is 10.7. The minimum absolute atomic E-state index is 0. The van der Waals surface area contributed by atoms with E-state index in [0.29, 0.717) is 12.6 Å². The quantitative estimate of drug-likeness (QED) is 0.350. The fourth-order valence-electron chi connectivity index (χ4n) is 4.47. The second-order valence-corrected chi connectivity index (χ2v) is 7.90. The summed E-state index contributed by atoms with van der Waals surface area (Å²) in [6, 6.07) is 21.4. The summed E-state index contributed by atoms with van der Waals surface area (Å²) in [5.74, 6) is 0.908. The van der Waals surface area contributed by atoms with Gasteiger partial charge in [0.1, 0.15) is 0 Å². The van der Waals surface area contributed by atoms with Crippen molar-refractivity contribution in [3.63, 3.8) is 0 Å². The van der Waals surface area contributed by atoms with Gasteiger partial charge in [-0.05, 0) is 11.1 Å². The second-order valence-electron chi connectivity index (χ2n) is 7.90. The third kappa shape index (κ3) is 5.97. The Balaban J connectivity index is 0.00000272. The zero-order valence-corrected chi connectivity index (χ0v) is 20.6. The average Bonchev–Trinajstić information content (AvgIpc) is 3.23. The van der Waals surface area contributed by atoms with E-state index in [4.69, 9.17) is 9.47 Å². The highest BCUT2D eigenvalue weighted by atomic mass is 127. The molecule has 2 aromatic rings. The molecule has 0 spiro atoms. The van der Waals surface area contributed by atoms with E-state index in [0.717, 1.165) is 44.3 Å². The minimum atomic E-state index is -0.0151. The van der Waals surface area contributed by atoms with E-state index in [2.05, 4.69) is 62.6 Å². The van der Waals surface area contributed by atoms with Crippen LogP contribution < -0.4 is 5.32 Å². The van der Waals surface area contributed by atoms with Gasteiger partial charge >= 0.3 is 0 Å². The van der Waals surface area contributed by atoms with Crippen LogP contribution in [0.5, 0.6) is 0 Å². The molecule has 7 heteroatoms. The third-order valence-corrected chi connectivity index (χ3v) is 6.06. The van der Waals surface area contributed by atoms with Crippen molar-refractivity contribution in [2.45, 2.75) is 24.8 Å². The number of hydrogen-bond donors (Lipinski definition) is 1. The number of rotatable bonds is 6. The van der Waals surface area contributed by atoms with Crippen LogP contribution in [-0.4, -0.2) is 74.8 Å². The van der Waals surface area contributed by atoms with Gasteiger partial charge in [0.05, 0.1) is 24.9 Å². The standard InChI is InChI=1S/C24H32N4O2.HI/c1-25-24(26-15-22(29-2)20-11-7-4-8-12-20)28-17-21-23(18-28)30-14-13-27(21)16-19-9-5-3-6-10-19;/h3-12,21-23H,13-18H2,1-2H3,(H,25,26);1H. The number of fused-ring (bicyclic) bond motifs is 1. The second kappa shape index (κ2) is 11.8. The minimum Gasteiger partial charge on any atom is -0.375 e. The van der Waals surface area contributed by atoms with Crippen LogP contribution >= 0.6 is 24.0 Å². The first kappa shape index (κ1) is 24.0. The molecule has 168 valence electrons. The molecule has 0 radical (unpaired) electrons. The summed E-state index contributed by atoms with van der Waals surface area (Å²) in [4.78, 5) is 9.41. The zero-order chi connectivity index (χ0) is 20.8. The van der Waals surface area contributed by atoms with Gasteiger partial charge in [0.2, 0.25) is 0 Å². The van der Waals surface area contributed by atoms with E-state index in [9.17, 15) is 0 Å². The Morgan fingerprint density at radius 1 is 1.13 bits per heavy atom. The number of nitrogens with zero attached hydrogens (tertiary/aromatic N) is 3. The van der Waals surface area contributed by atoms with Gasteiger partial charge in [-0.1, -0.05) is 60.7 Å². The highest BCUT2D eigenvalue weighted by Gasteiger charge is 2.41. The Kier molecular flexibility index (Phi) is 9.13. The lowest BCUT2D eigenvalue weighted by atomic mass is 10.1. The number of benzene rings is 2. The van der Waals surface area contributed by atoms with Gasteiger partial charge in [0.25, 0.3) is 0 Å². The van der Waals surface area contributed by atoms with Crippen molar-refractivity contribution in [2.75, 3.05) is 46.9 Å². The van der Waals surface area contributed by atoms with Gasteiger partial charge in [-0.2, -0.15) is 0 Å². The van der Waals surface area contributed by atoms with Crippen LogP contribution in [0.25, 0.3) is 0 Å². The van der Waals surface area contributed by atoms with Gasteiger partial charge in [0.15, 0.2) is 5.96 Å². The molecule has 2 heterocycles. The molecule has 1 N–H and O–H groups in total. The van der Waals surface area contributed by atoms with Gasteiger partial charge in [-0.3, -0.25) is 9.89 Å². The van der Waals surface area contributed by atoms with Crippen LogP contribution in [0.1, 0.15) is 17.2 Å². The number of hydrogen-bond acceptors (Lipinski definition) is 4. The van der Waals surface area contributed by atoms with Crippen molar-refractivity contribution in [2.24, 2.45) is 4.99 Å². The van der Waals surface area contributed by atoms with Crippen LogP contribution in [0.15, 0.2) is 65.7 Å². The monoisotopic (exact) mass is 536 g/mol. The van der Waals surface area contributed by atoms with Crippen LogP contribution in [0.2, 0.25) is 0 Å². The molecular weight excluding hydrogens is 503 g/mol. The topological polar surface area (TPSA) is 49.3 Å². The van der Waals surface area contributed by atoms with Crippen LogP contribution in [0.4, 0.5) is 0 Å². The van der Waals surface area contributed by atoms with Crippen LogP contribution in [0.3, 0.4) is 0 Å². The Bertz CT molecular complexity index is 821. The number of methoxy groups -OCH3 is 1. The fourth-order valence-corrected chi connectivity index (χ4v) is 4.47. The fraction of sp³-hybridized carbons (Fsp3) is 0.458. The molecule has 3 atom stereocenters. The molecule has 2 aliphatic rings. The normalized spacial score (nSPS) is 22.5. The number of morpholine rings is 1. The maximum absolute atomic E-state index is 6.12. The van der Waals surface area contributed by atoms with Gasteiger partial charge in [0, 0.05) is 46.9 Å². The van der Waals surface area contributed by atoms with E-state index in [1.165, 1.54) is 5.56 Å². The number of ether oxygens (including phenoxy) is 2. The van der Waals surface area contributed by atoms with Crippen molar-refractivity contribution in [1.29, 1.82) is 0 Å². The maximum atomic E-state index is 6.12. The van der Waals surface area contributed by atoms with Gasteiger partial charge in [-0.25, -0.2) is 0 Å². The van der Waals surface area contributed by atoms with Crippen molar-refractivity contribution in [3.05, 3.63) is 71.8 Å². The summed E-state index contributed by atoms with van der Waals surface area (Å²) in [5, 5.41) is 3.51. The summed E-state index contributed by atoms with van der Waals surface area (Å²) < 4.78 is 11.8. The largest absolute Gasteiger partial charge is 0.375 e. The van der Waals surface area contributed by atoms with Gasteiger partial charge < -0.3 is 19.7 Å². The lowest BCUT2D eigenvalue weighted by Gasteiger charge is -2.36. The predicted molar refractivity (Wildman–Crippen MR) is 135 cm³/mol. The number of nitrogens with one attached hydrogen (secondary N) is 1. The maximum Gasteiger partial charge on any atom is 0.193 e. The molecule has 6 nitrogen and oxygen atoms in total. The summed E-state index contributed by atoms with van der Waals surface area (Å²) in [7, 11) is 3.60. The molecule has 0 amide bonds. The highest BCUT2D eigenvalue weighted by molar-refractivity contribution is 14.0. The number of guanidine groups is 1. The SMILES string of the molecule is CN=C(NCC(OC)c1ccccc1)N1CC2OCCN(Cc3ccccc3)C2C1.I. The first-order valence-corrected chi connectivity index (χ1v) is 10.7. The zero-order valence-electron chi connectivity index (χ0n) is 18.3. The first-order chi connectivity index (χ1) is 14.8. The lowest BCUT2D eigenvalue weighted by Crippen LogP contribution is -2.50. The van der Waals surface area contributed by atoms with Crippen molar-refractivity contribution < 1.29 is 9.47 Å². The molecule has 2 fully saturated rings. The van der Waals surface area contributed by atoms with E-state index in [1.54, 1.807) is 7.11 Å². The summed E-state index contributed by atoms with van der Waals surface area (Å²) >= 11 is 0. The van der Waals surface area contributed by atoms with Crippen LogP contribution in [-0.2, 0) is 16.0 Å². The molecule has 4 rings (SSSR count). The van der Waals surface area contributed by atoms with Crippen molar-refractivity contribution in [3.8, 4) is 0 Å². The Morgan fingerprint density at radius 3 is 2.52 bits per heavy atom. The highest BCUT2D eigenvalue weighted by Crippen LogP contribution is 2.25. The molecular formula is C24H33IN4O2. The van der Waals surface area contributed by atoms with Gasteiger partial charge in [-0.15, -0.1) is 24.0 Å². The summed E-state index contributed by atoms with van der Waals surface area (Å²) in [6.07, 6.45) is 0.201. The average molecular weight is 536 g/mol. The van der Waals surface area contributed by atoms with Crippen molar-refractivity contribution >= 4 is 29.9 Å². The lowest BCUT2D eigenvalue weighted by molar-refractivity contribution is -0.0502. The molecule has 2 aliphatic heterocycles. The molecule has 2 saturated heterocycles. The third-order valence-electron chi connectivity index (χ3n) is 6.06. The molecule has 0 bridgehead atoms. The van der Waals surface area contributed by atoms with E-state index in [-0.39, 0.29) is 36.2 Å². The van der Waals surface area contributed by atoms with Crippen LogP contribution in [0, 0.1) is 0 Å². The molecule has 0 aromatic heterocycles. The Morgan fingerprint density at radius 2 is 1.84 bits per heavy atom. The number of likely N-dealkylation sites (tertiary alicyclic amines) is 1. The molecule has 3 unspecified atom stereocenters. The van der Waals surface area contributed by atoms with Crippen molar-refractivity contribution in [1.82, 2.24) is 15.1 Å². The number of aliphatic imine (C=N–C) groups is 1. The van der Waals surface area contributed by atoms with E-state index >= 15 is 0 Å². The predicted octanol–water partition coefficient (Wildman–Crippen LogP) is 3.15.